The summed E-state index contributed by atoms with van der Waals surface area (Å²) in [6.45, 7) is 16.6. The molecule has 0 N–H and O–H groups in total. The molecule has 19 heteroatoms. The van der Waals surface area contributed by atoms with E-state index >= 15 is 0 Å². The first kappa shape index (κ1) is 84.0. The van der Waals surface area contributed by atoms with E-state index in [1.54, 1.807) is 69.3 Å². The van der Waals surface area contributed by atoms with Crippen molar-refractivity contribution >= 4 is 64.4 Å². The molecule has 0 amide bonds. The lowest BCUT2D eigenvalue weighted by Crippen LogP contribution is -2.18. The summed E-state index contributed by atoms with van der Waals surface area (Å²) in [5.41, 5.74) is 5.02. The molecular weight excluding hydrogens is 1300 g/mol. The van der Waals surface area contributed by atoms with Crippen LogP contribution in [-0.4, -0.2) is 117 Å². The van der Waals surface area contributed by atoms with Crippen LogP contribution in [0.4, 0.5) is 0 Å². The average molecular weight is 1410 g/mol. The summed E-state index contributed by atoms with van der Waals surface area (Å²) in [6.07, 6.45) is 12.6. The predicted molar refractivity (Wildman–Crippen MR) is 390 cm³/mol. The second-order valence-electron chi connectivity index (χ2n) is 26.3. The normalized spacial score (nSPS) is 11.6. The number of Topliss-reactive ketones (excluding diaryl/α,β-unsaturated/α-hetero) is 7. The molecule has 556 valence electrons. The summed E-state index contributed by atoms with van der Waals surface area (Å²) in [6, 6.07) is 14.0. The maximum Gasteiger partial charge on any atom is 0.333 e. The molecule has 0 aliphatic heterocycles. The second kappa shape index (κ2) is 46.1. The average Bonchev–Trinajstić information content (AvgIpc) is 0.771. The number of carbonyl (C=O) groups excluding carboxylic acids is 11. The van der Waals surface area contributed by atoms with Gasteiger partial charge >= 0.3 is 23.9 Å². The first-order valence-corrected chi connectivity index (χ1v) is 37.3. The Morgan fingerprint density at radius 3 is 0.716 bits per heavy atom. The van der Waals surface area contributed by atoms with Gasteiger partial charge in [-0.05, 0) is 126 Å². The van der Waals surface area contributed by atoms with Crippen molar-refractivity contribution in [3.8, 4) is 23.0 Å². The number of fused-ring (bicyclic) bond motifs is 8. The fourth-order valence-electron chi connectivity index (χ4n) is 12.0. The summed E-state index contributed by atoms with van der Waals surface area (Å²) in [5.74, 6) is -3.43. The molecule has 5 rings (SSSR count). The van der Waals surface area contributed by atoms with E-state index < -0.39 is 43.1 Å². The van der Waals surface area contributed by atoms with Crippen molar-refractivity contribution in [2.75, 3.05) is 52.9 Å². The minimum atomic E-state index is -0.745. The lowest BCUT2D eigenvalue weighted by Gasteiger charge is -2.25. The Morgan fingerprint density at radius 2 is 0.520 bits per heavy atom. The highest BCUT2D eigenvalue weighted by Gasteiger charge is 2.29. The van der Waals surface area contributed by atoms with Gasteiger partial charge in [0.1, 0.15) is 112 Å². The SMILES string of the molecule is C=C(C)C(=O)OCCOc1c2cc(C(=O)CCCCCC)cc1Cc1cc(C(=O)CCCCCC)cc(c1OCCOC(=O)CC(=O)CC)Cc1cc(C(=O)CCCCCC)cc(c1OCCOC(=O)CC(=O)CC)Cc1cc(C(=O)CCCCCC)cc(c1OCCOC(=O)CC(=O)CC)C2. The van der Waals surface area contributed by atoms with Gasteiger partial charge in [0, 0.05) is 98.5 Å². The molecule has 1 aliphatic rings. The van der Waals surface area contributed by atoms with E-state index in [2.05, 4.69) is 34.3 Å². The quantitative estimate of drug-likeness (QED) is 0.00874. The smallest absolute Gasteiger partial charge is 0.333 e. The summed E-state index contributed by atoms with van der Waals surface area (Å²) >= 11 is 0. The highest BCUT2D eigenvalue weighted by atomic mass is 16.6. The Kier molecular flexibility index (Phi) is 38.0. The molecule has 19 nitrogen and oxygen atoms in total. The van der Waals surface area contributed by atoms with Gasteiger partial charge in [0.05, 0.1) is 0 Å². The Hall–Kier alpha value is -8.61. The molecule has 0 saturated carbocycles. The Labute approximate surface area is 603 Å². The van der Waals surface area contributed by atoms with Crippen molar-refractivity contribution in [2.24, 2.45) is 0 Å². The third-order valence-corrected chi connectivity index (χ3v) is 17.7. The van der Waals surface area contributed by atoms with Crippen LogP contribution in [0.1, 0.15) is 308 Å². The van der Waals surface area contributed by atoms with Crippen LogP contribution in [0.5, 0.6) is 23.0 Å². The van der Waals surface area contributed by atoms with Crippen LogP contribution >= 0.6 is 0 Å². The van der Waals surface area contributed by atoms with Gasteiger partial charge in [-0.1, -0.05) is 132 Å². The van der Waals surface area contributed by atoms with Crippen LogP contribution in [0, 0.1) is 0 Å². The number of hydrogen-bond donors (Lipinski definition) is 0. The summed E-state index contributed by atoms with van der Waals surface area (Å²) < 4.78 is 49.8. The molecule has 1 aliphatic carbocycles. The Bertz CT molecular complexity index is 3370. The Balaban J connectivity index is 2.02. The van der Waals surface area contributed by atoms with Gasteiger partial charge in [-0.2, -0.15) is 0 Å². The molecule has 8 bridgehead atoms. The van der Waals surface area contributed by atoms with Gasteiger partial charge in [-0.3, -0.25) is 47.9 Å². The third kappa shape index (κ3) is 28.7. The zero-order chi connectivity index (χ0) is 74.3. The van der Waals surface area contributed by atoms with E-state index in [-0.39, 0.29) is 193 Å². The largest absolute Gasteiger partial charge is 0.489 e. The standard InChI is InChI=1S/C83H110O19/c1-10-17-21-25-29-72(87)57-41-61-49-63-43-58(73(88)30-26-22-18-11-2)45-65(80(63)99-37-34-96-77(92)54-70(85)15-6)51-67-47-60(75(90)32-28-24-20-13-4)48-68(82(67)101-39-40-102-83(94)56(8)9)52-66-46-59(74(89)31-27-23-19-12-3)44-64(81(66)100-38-35-97-78(93)55-71(86)16-7)50-62(42-57)79(61)98-36-33-95-76(91)53-69(84)14-5/h41-48H,8,10-40,49-55H2,1-7,9H3. The number of ketones is 7. The summed E-state index contributed by atoms with van der Waals surface area (Å²) in [4.78, 5) is 149. The fourth-order valence-corrected chi connectivity index (χ4v) is 12.0. The molecule has 0 radical (unpaired) electrons. The zero-order valence-electron chi connectivity index (χ0n) is 62.0. The van der Waals surface area contributed by atoms with Gasteiger partial charge in [0.25, 0.3) is 0 Å². The van der Waals surface area contributed by atoms with Crippen LogP contribution in [0.15, 0.2) is 60.7 Å². The highest BCUT2D eigenvalue weighted by molar-refractivity contribution is 6.00. The van der Waals surface area contributed by atoms with Crippen molar-refractivity contribution in [1.29, 1.82) is 0 Å². The number of esters is 4. The van der Waals surface area contributed by atoms with E-state index in [1.165, 1.54) is 6.92 Å². The molecule has 0 unspecified atom stereocenters. The number of rotatable bonds is 50. The van der Waals surface area contributed by atoms with Gasteiger partial charge in [-0.15, -0.1) is 0 Å². The molecular formula is C83H110O19. The molecule has 0 aromatic heterocycles. The molecule has 0 saturated heterocycles. The molecule has 4 aromatic carbocycles. The van der Waals surface area contributed by atoms with Crippen molar-refractivity contribution in [3.05, 3.63) is 127 Å². The minimum absolute atomic E-state index is 0.0808. The minimum Gasteiger partial charge on any atom is -0.489 e. The van der Waals surface area contributed by atoms with Crippen molar-refractivity contribution in [1.82, 2.24) is 0 Å². The molecule has 4 aromatic rings. The molecule has 0 atom stereocenters. The van der Waals surface area contributed by atoms with Gasteiger partial charge in [0.2, 0.25) is 0 Å². The van der Waals surface area contributed by atoms with Gasteiger partial charge in [-0.25, -0.2) is 4.79 Å². The van der Waals surface area contributed by atoms with Crippen LogP contribution in [0.25, 0.3) is 0 Å². The monoisotopic (exact) mass is 1410 g/mol. The van der Waals surface area contributed by atoms with E-state index in [9.17, 15) is 52.7 Å². The lowest BCUT2D eigenvalue weighted by atomic mass is 9.86. The first-order chi connectivity index (χ1) is 49.2. The van der Waals surface area contributed by atoms with Crippen molar-refractivity contribution < 1.29 is 90.6 Å². The number of unbranched alkanes of at least 4 members (excludes halogenated alkanes) is 12. The van der Waals surface area contributed by atoms with E-state index in [4.69, 9.17) is 37.9 Å². The summed E-state index contributed by atoms with van der Waals surface area (Å²) in [7, 11) is 0. The van der Waals surface area contributed by atoms with E-state index in [0.29, 0.717) is 92.4 Å². The fraction of sp³-hybridized carbons (Fsp3) is 0.554. The number of hydrogen-bond acceptors (Lipinski definition) is 19. The maximum absolute atomic E-state index is 15.0. The predicted octanol–water partition coefficient (Wildman–Crippen LogP) is 16.3. The Morgan fingerprint density at radius 1 is 0.304 bits per heavy atom. The number of benzene rings is 4. The van der Waals surface area contributed by atoms with E-state index in [1.807, 2.05) is 0 Å². The zero-order valence-corrected chi connectivity index (χ0v) is 62.0. The molecule has 102 heavy (non-hydrogen) atoms. The lowest BCUT2D eigenvalue weighted by molar-refractivity contribution is -0.148. The maximum atomic E-state index is 15.0. The molecule has 0 fully saturated rings. The van der Waals surface area contributed by atoms with Gasteiger partial charge < -0.3 is 37.9 Å². The van der Waals surface area contributed by atoms with Crippen LogP contribution in [0.3, 0.4) is 0 Å². The van der Waals surface area contributed by atoms with Crippen LogP contribution < -0.4 is 18.9 Å². The van der Waals surface area contributed by atoms with E-state index in [0.717, 1.165) is 77.0 Å². The van der Waals surface area contributed by atoms with Crippen LogP contribution in [-0.2, 0) is 78.2 Å². The number of ether oxygens (including phenoxy) is 8. The summed E-state index contributed by atoms with van der Waals surface area (Å²) in [5, 5.41) is 0. The van der Waals surface area contributed by atoms with Crippen molar-refractivity contribution in [3.63, 3.8) is 0 Å². The van der Waals surface area contributed by atoms with Gasteiger partial charge in [0.15, 0.2) is 23.1 Å². The highest BCUT2D eigenvalue weighted by Crippen LogP contribution is 2.42. The molecule has 0 spiro atoms. The number of carbonyl (C=O) groups is 11. The molecule has 0 heterocycles. The topological polar surface area (TPSA) is 262 Å². The third-order valence-electron chi connectivity index (χ3n) is 17.7. The van der Waals surface area contributed by atoms with Crippen LogP contribution in [0.2, 0.25) is 0 Å². The first-order valence-electron chi connectivity index (χ1n) is 37.3. The van der Waals surface area contributed by atoms with Crippen molar-refractivity contribution in [2.45, 2.75) is 248 Å². The second-order valence-corrected chi connectivity index (χ2v) is 26.3.